The zero-order chi connectivity index (χ0) is 19.8. The van der Waals surface area contributed by atoms with E-state index in [4.69, 9.17) is 4.74 Å². The van der Waals surface area contributed by atoms with Gasteiger partial charge in [0.1, 0.15) is 6.61 Å². The minimum absolute atomic E-state index is 0.0975. The number of likely N-dealkylation sites (tertiary alicyclic amines) is 1. The maximum absolute atomic E-state index is 12.8. The lowest BCUT2D eigenvalue weighted by molar-refractivity contribution is 0.0401. The number of rotatable bonds is 3. The van der Waals surface area contributed by atoms with Gasteiger partial charge in [-0.25, -0.2) is 4.79 Å². The number of fused-ring (bicyclic) bond motifs is 3. The molecule has 2 N–H and O–H groups in total. The highest BCUT2D eigenvalue weighted by Crippen LogP contribution is 2.45. The molecule has 1 spiro atoms. The van der Waals surface area contributed by atoms with E-state index in [1.54, 1.807) is 0 Å². The molecule has 2 saturated heterocycles. The smallest absolute Gasteiger partial charge is 0.409 e. The van der Waals surface area contributed by atoms with Crippen LogP contribution in [0.25, 0.3) is 11.1 Å². The first kappa shape index (κ1) is 18.6. The number of ether oxygens (including phenoxy) is 1. The minimum atomic E-state index is -0.215. The van der Waals surface area contributed by atoms with E-state index in [1.807, 2.05) is 4.90 Å². The first-order chi connectivity index (χ1) is 14.2. The van der Waals surface area contributed by atoms with Gasteiger partial charge in [-0.05, 0) is 40.5 Å². The number of amides is 1. The van der Waals surface area contributed by atoms with Gasteiger partial charge in [-0.3, -0.25) is 0 Å². The standard InChI is InChI=1S/C24H28N2O3/c27-14-17-13-25-16-24(17)9-11-26(12-10-24)23(28)29-15-22-20-7-3-1-5-18(20)19-6-2-4-8-21(19)22/h1-8,17,22,25,27H,9-16H2. The van der Waals surface area contributed by atoms with Crippen molar-refractivity contribution in [2.24, 2.45) is 11.3 Å². The minimum Gasteiger partial charge on any atom is -0.448 e. The SMILES string of the molecule is O=C(OCC1c2ccccc2-c2ccccc21)N1CCC2(CC1)CNCC2CO. The fraction of sp³-hybridized carbons (Fsp3) is 0.458. The Morgan fingerprint density at radius 1 is 1.07 bits per heavy atom. The maximum Gasteiger partial charge on any atom is 0.409 e. The Balaban J connectivity index is 1.24. The largest absolute Gasteiger partial charge is 0.448 e. The number of hydrogen-bond acceptors (Lipinski definition) is 4. The number of carbonyl (C=O) groups excluding carboxylic acids is 1. The predicted molar refractivity (Wildman–Crippen MR) is 112 cm³/mol. The third-order valence-electron chi connectivity index (χ3n) is 7.31. The molecule has 0 radical (unpaired) electrons. The summed E-state index contributed by atoms with van der Waals surface area (Å²) in [6.45, 7) is 3.81. The van der Waals surface area contributed by atoms with Gasteiger partial charge in [-0.1, -0.05) is 48.5 Å². The van der Waals surface area contributed by atoms with Gasteiger partial charge in [0.2, 0.25) is 0 Å². The van der Waals surface area contributed by atoms with Gasteiger partial charge in [-0.2, -0.15) is 0 Å². The molecule has 152 valence electrons. The van der Waals surface area contributed by atoms with Gasteiger partial charge in [0.25, 0.3) is 0 Å². The van der Waals surface area contributed by atoms with E-state index in [2.05, 4.69) is 53.8 Å². The Morgan fingerprint density at radius 2 is 1.69 bits per heavy atom. The zero-order valence-corrected chi connectivity index (χ0v) is 16.6. The van der Waals surface area contributed by atoms with E-state index in [0.29, 0.717) is 25.6 Å². The predicted octanol–water partition coefficient (Wildman–Crippen LogP) is 3.23. The average Bonchev–Trinajstić information content (AvgIpc) is 3.31. The first-order valence-corrected chi connectivity index (χ1v) is 10.6. The number of aliphatic hydroxyl groups excluding tert-OH is 1. The van der Waals surface area contributed by atoms with E-state index in [0.717, 1.165) is 25.9 Å². The molecule has 2 heterocycles. The Morgan fingerprint density at radius 3 is 2.31 bits per heavy atom. The summed E-state index contributed by atoms with van der Waals surface area (Å²) in [5.74, 6) is 0.396. The Hall–Kier alpha value is -2.37. The molecule has 1 aliphatic carbocycles. The van der Waals surface area contributed by atoms with Crippen LogP contribution in [0.3, 0.4) is 0 Å². The highest BCUT2D eigenvalue weighted by molar-refractivity contribution is 5.79. The van der Waals surface area contributed by atoms with Gasteiger partial charge < -0.3 is 20.1 Å². The quantitative estimate of drug-likeness (QED) is 0.842. The number of nitrogens with zero attached hydrogens (tertiary/aromatic N) is 1. The van der Waals surface area contributed by atoms with Crippen LogP contribution in [-0.4, -0.2) is 55.5 Å². The molecule has 3 aliphatic rings. The number of nitrogens with one attached hydrogen (secondary N) is 1. The van der Waals surface area contributed by atoms with Crippen molar-refractivity contribution in [3.8, 4) is 11.1 Å². The van der Waals surface area contributed by atoms with Gasteiger partial charge in [0, 0.05) is 44.6 Å². The Kier molecular flexibility index (Phi) is 4.80. The fourth-order valence-electron chi connectivity index (χ4n) is 5.52. The maximum atomic E-state index is 12.8. The highest BCUT2D eigenvalue weighted by Gasteiger charge is 2.45. The van der Waals surface area contributed by atoms with Crippen molar-refractivity contribution in [3.05, 3.63) is 59.7 Å². The van der Waals surface area contributed by atoms with Crippen molar-refractivity contribution >= 4 is 6.09 Å². The van der Waals surface area contributed by atoms with E-state index in [1.165, 1.54) is 22.3 Å². The van der Waals surface area contributed by atoms with Crippen LogP contribution in [-0.2, 0) is 4.74 Å². The normalized spacial score (nSPS) is 22.5. The molecule has 1 atom stereocenters. The summed E-state index contributed by atoms with van der Waals surface area (Å²) in [5.41, 5.74) is 5.10. The van der Waals surface area contributed by atoms with Crippen molar-refractivity contribution in [1.82, 2.24) is 10.2 Å². The molecule has 2 aliphatic heterocycles. The lowest BCUT2D eigenvalue weighted by atomic mass is 9.71. The van der Waals surface area contributed by atoms with Crippen LogP contribution < -0.4 is 5.32 Å². The van der Waals surface area contributed by atoms with Gasteiger partial charge >= 0.3 is 6.09 Å². The van der Waals surface area contributed by atoms with Crippen molar-refractivity contribution < 1.29 is 14.6 Å². The molecule has 2 aromatic carbocycles. The van der Waals surface area contributed by atoms with Crippen LogP contribution >= 0.6 is 0 Å². The Labute approximate surface area is 171 Å². The summed E-state index contributed by atoms with van der Waals surface area (Å²) >= 11 is 0. The summed E-state index contributed by atoms with van der Waals surface area (Å²) in [7, 11) is 0. The number of piperidine rings is 1. The second-order valence-electron chi connectivity index (χ2n) is 8.66. The number of benzene rings is 2. The van der Waals surface area contributed by atoms with Crippen LogP contribution in [0.4, 0.5) is 4.79 Å². The summed E-state index contributed by atoms with van der Waals surface area (Å²) in [6.07, 6.45) is 1.64. The monoisotopic (exact) mass is 392 g/mol. The van der Waals surface area contributed by atoms with Crippen molar-refractivity contribution in [3.63, 3.8) is 0 Å². The molecule has 1 unspecified atom stereocenters. The van der Waals surface area contributed by atoms with Crippen molar-refractivity contribution in [2.75, 3.05) is 39.4 Å². The molecule has 5 rings (SSSR count). The summed E-state index contributed by atoms with van der Waals surface area (Å²) in [6, 6.07) is 16.8. The van der Waals surface area contributed by atoms with Gasteiger partial charge in [0.15, 0.2) is 0 Å². The van der Waals surface area contributed by atoms with Gasteiger partial charge in [-0.15, -0.1) is 0 Å². The van der Waals surface area contributed by atoms with E-state index >= 15 is 0 Å². The lowest BCUT2D eigenvalue weighted by Gasteiger charge is -2.41. The second-order valence-corrected chi connectivity index (χ2v) is 8.66. The molecule has 0 bridgehead atoms. The van der Waals surface area contributed by atoms with Crippen molar-refractivity contribution in [1.29, 1.82) is 0 Å². The lowest BCUT2D eigenvalue weighted by Crippen LogP contribution is -2.47. The average molecular weight is 392 g/mol. The zero-order valence-electron chi connectivity index (χ0n) is 16.6. The third kappa shape index (κ3) is 3.13. The molecule has 2 fully saturated rings. The van der Waals surface area contributed by atoms with Crippen LogP contribution in [0, 0.1) is 11.3 Å². The van der Waals surface area contributed by atoms with Crippen LogP contribution in [0.5, 0.6) is 0 Å². The third-order valence-corrected chi connectivity index (χ3v) is 7.31. The number of hydrogen-bond donors (Lipinski definition) is 2. The molecule has 2 aromatic rings. The molecule has 29 heavy (non-hydrogen) atoms. The Bertz CT molecular complexity index is 859. The van der Waals surface area contributed by atoms with Crippen LogP contribution in [0.2, 0.25) is 0 Å². The first-order valence-electron chi connectivity index (χ1n) is 10.6. The fourth-order valence-corrected chi connectivity index (χ4v) is 5.52. The summed E-state index contributed by atoms with van der Waals surface area (Å²) < 4.78 is 5.81. The van der Waals surface area contributed by atoms with Crippen LogP contribution in [0.15, 0.2) is 48.5 Å². The molecule has 5 nitrogen and oxygen atoms in total. The topological polar surface area (TPSA) is 61.8 Å². The van der Waals surface area contributed by atoms with Gasteiger partial charge in [0.05, 0.1) is 0 Å². The van der Waals surface area contributed by atoms with E-state index in [-0.39, 0.29) is 24.0 Å². The molecule has 0 saturated carbocycles. The molecule has 0 aromatic heterocycles. The molecular weight excluding hydrogens is 364 g/mol. The summed E-state index contributed by atoms with van der Waals surface area (Å²) in [4.78, 5) is 14.6. The molecular formula is C24H28N2O3. The summed E-state index contributed by atoms with van der Waals surface area (Å²) in [5, 5.41) is 13.1. The molecule has 1 amide bonds. The van der Waals surface area contributed by atoms with E-state index in [9.17, 15) is 9.90 Å². The highest BCUT2D eigenvalue weighted by atomic mass is 16.6. The number of carbonyl (C=O) groups is 1. The van der Waals surface area contributed by atoms with Crippen molar-refractivity contribution in [2.45, 2.75) is 18.8 Å². The second kappa shape index (κ2) is 7.47. The van der Waals surface area contributed by atoms with Crippen LogP contribution in [0.1, 0.15) is 29.9 Å². The van der Waals surface area contributed by atoms with E-state index < -0.39 is 0 Å². The number of aliphatic hydroxyl groups is 1. The molecule has 5 heteroatoms.